The minimum absolute atomic E-state index is 0.342. The van der Waals surface area contributed by atoms with Gasteiger partial charge in [0.2, 0.25) is 0 Å². The van der Waals surface area contributed by atoms with Crippen molar-refractivity contribution in [2.24, 2.45) is 5.10 Å². The number of ether oxygens (including phenoxy) is 3. The lowest BCUT2D eigenvalue weighted by Crippen LogP contribution is -2.17. The van der Waals surface area contributed by atoms with Gasteiger partial charge in [0.25, 0.3) is 5.91 Å². The summed E-state index contributed by atoms with van der Waals surface area (Å²) in [4.78, 5) is 12.2. The van der Waals surface area contributed by atoms with E-state index in [-0.39, 0.29) is 5.91 Å². The van der Waals surface area contributed by atoms with Crippen molar-refractivity contribution in [2.45, 2.75) is 6.92 Å². The van der Waals surface area contributed by atoms with Crippen LogP contribution in [0.25, 0.3) is 0 Å². The second kappa shape index (κ2) is 9.08. The van der Waals surface area contributed by atoms with Gasteiger partial charge in [-0.3, -0.25) is 4.79 Å². The number of rotatable bonds is 7. The Morgan fingerprint density at radius 3 is 2.48 bits per heavy atom. The number of halogens is 1. The summed E-state index contributed by atoms with van der Waals surface area (Å²) in [6.45, 7) is 2.40. The first-order chi connectivity index (χ1) is 12.1. The summed E-state index contributed by atoms with van der Waals surface area (Å²) in [6.07, 6.45) is 1.55. The van der Waals surface area contributed by atoms with Crippen LogP contribution in [0.5, 0.6) is 17.2 Å². The highest BCUT2D eigenvalue weighted by Gasteiger charge is 2.10. The average Bonchev–Trinajstić information content (AvgIpc) is 2.62. The highest BCUT2D eigenvalue weighted by Crippen LogP contribution is 2.28. The zero-order valence-electron chi connectivity index (χ0n) is 14.2. The Hall–Kier alpha value is -2.54. The minimum Gasteiger partial charge on any atom is -0.496 e. The third-order valence-corrected chi connectivity index (χ3v) is 3.90. The van der Waals surface area contributed by atoms with Gasteiger partial charge < -0.3 is 14.2 Å². The summed E-state index contributed by atoms with van der Waals surface area (Å²) in [7, 11) is 3.12. The third kappa shape index (κ3) is 4.96. The lowest BCUT2D eigenvalue weighted by molar-refractivity contribution is 0.0954. The molecular weight excluding hydrogens is 388 g/mol. The molecule has 0 radical (unpaired) electrons. The molecule has 0 unspecified atom stereocenters. The molecule has 1 N–H and O–H groups in total. The van der Waals surface area contributed by atoms with E-state index in [1.54, 1.807) is 31.5 Å². The average molecular weight is 407 g/mol. The molecule has 0 saturated carbocycles. The van der Waals surface area contributed by atoms with E-state index in [1.807, 2.05) is 25.1 Å². The van der Waals surface area contributed by atoms with Crippen LogP contribution >= 0.6 is 15.9 Å². The molecule has 0 aliphatic rings. The van der Waals surface area contributed by atoms with E-state index in [0.717, 1.165) is 15.8 Å². The number of carbonyl (C=O) groups is 1. The Kier molecular flexibility index (Phi) is 6.82. The summed E-state index contributed by atoms with van der Waals surface area (Å²) in [5.41, 5.74) is 3.73. The fourth-order valence-electron chi connectivity index (χ4n) is 2.08. The van der Waals surface area contributed by atoms with Crippen LogP contribution in [0.4, 0.5) is 0 Å². The van der Waals surface area contributed by atoms with Crippen LogP contribution in [0.1, 0.15) is 22.8 Å². The molecule has 0 heterocycles. The van der Waals surface area contributed by atoms with Crippen molar-refractivity contribution in [1.82, 2.24) is 5.43 Å². The van der Waals surface area contributed by atoms with Gasteiger partial charge in [-0.1, -0.05) is 0 Å². The largest absolute Gasteiger partial charge is 0.496 e. The van der Waals surface area contributed by atoms with Crippen LogP contribution in [-0.2, 0) is 0 Å². The van der Waals surface area contributed by atoms with Crippen LogP contribution in [0, 0.1) is 0 Å². The van der Waals surface area contributed by atoms with Gasteiger partial charge >= 0.3 is 0 Å². The van der Waals surface area contributed by atoms with Crippen LogP contribution < -0.4 is 19.6 Å². The van der Waals surface area contributed by atoms with Gasteiger partial charge in [0, 0.05) is 5.56 Å². The van der Waals surface area contributed by atoms with Crippen molar-refractivity contribution in [1.29, 1.82) is 0 Å². The maximum atomic E-state index is 12.2. The molecule has 2 aromatic carbocycles. The molecule has 0 fully saturated rings. The van der Waals surface area contributed by atoms with Gasteiger partial charge in [-0.15, -0.1) is 0 Å². The van der Waals surface area contributed by atoms with Crippen molar-refractivity contribution < 1.29 is 19.0 Å². The number of methoxy groups -OCH3 is 2. The third-order valence-electron chi connectivity index (χ3n) is 3.28. The summed E-state index contributed by atoms with van der Waals surface area (Å²) >= 11 is 3.40. The summed E-state index contributed by atoms with van der Waals surface area (Å²) in [5.74, 6) is 1.47. The van der Waals surface area contributed by atoms with Gasteiger partial charge in [0.15, 0.2) is 11.5 Å². The maximum Gasteiger partial charge on any atom is 0.271 e. The maximum absolute atomic E-state index is 12.2. The van der Waals surface area contributed by atoms with Gasteiger partial charge in [-0.25, -0.2) is 5.43 Å². The van der Waals surface area contributed by atoms with E-state index >= 15 is 0 Å². The Morgan fingerprint density at radius 2 is 1.84 bits per heavy atom. The predicted octanol–water partition coefficient (Wildman–Crippen LogP) is 3.63. The Bertz CT molecular complexity index is 778. The van der Waals surface area contributed by atoms with Crippen LogP contribution in [0.2, 0.25) is 0 Å². The second-order valence-electron chi connectivity index (χ2n) is 4.89. The topological polar surface area (TPSA) is 69.2 Å². The van der Waals surface area contributed by atoms with Crippen LogP contribution in [0.15, 0.2) is 46.0 Å². The van der Waals surface area contributed by atoms with Gasteiger partial charge in [-0.2, -0.15) is 5.10 Å². The highest BCUT2D eigenvalue weighted by molar-refractivity contribution is 9.10. The summed E-state index contributed by atoms with van der Waals surface area (Å²) in [6, 6.07) is 10.4. The van der Waals surface area contributed by atoms with Crippen LogP contribution in [-0.4, -0.2) is 32.9 Å². The number of nitrogens with one attached hydrogen (secondary N) is 1. The Labute approximate surface area is 154 Å². The number of hydrogen-bond acceptors (Lipinski definition) is 5. The quantitative estimate of drug-likeness (QED) is 0.562. The molecule has 0 aromatic heterocycles. The molecule has 0 spiro atoms. The first-order valence-corrected chi connectivity index (χ1v) is 8.36. The summed E-state index contributed by atoms with van der Waals surface area (Å²) < 4.78 is 16.6. The molecule has 7 heteroatoms. The molecule has 132 valence electrons. The van der Waals surface area contributed by atoms with Crippen molar-refractivity contribution in [2.75, 3.05) is 20.8 Å². The van der Waals surface area contributed by atoms with E-state index in [2.05, 4.69) is 26.5 Å². The highest BCUT2D eigenvalue weighted by atomic mass is 79.9. The van der Waals surface area contributed by atoms with E-state index < -0.39 is 0 Å². The SMILES string of the molecule is CCOc1ccc(C(=O)N/N=C/c2ccc(OC)c(Br)c2)cc1OC. The molecule has 0 aliphatic carbocycles. The number of hydrazone groups is 1. The molecular formula is C18H19BrN2O4. The number of amides is 1. The molecule has 0 aliphatic heterocycles. The zero-order valence-corrected chi connectivity index (χ0v) is 15.8. The Morgan fingerprint density at radius 1 is 1.12 bits per heavy atom. The molecule has 2 rings (SSSR count). The van der Waals surface area contributed by atoms with Crippen molar-refractivity contribution >= 4 is 28.1 Å². The van der Waals surface area contributed by atoms with Crippen molar-refractivity contribution in [3.63, 3.8) is 0 Å². The Balaban J connectivity index is 2.05. The number of hydrogen-bond donors (Lipinski definition) is 1. The standard InChI is InChI=1S/C18H19BrN2O4/c1-4-25-16-8-6-13(10-17(16)24-3)18(22)21-20-11-12-5-7-15(23-2)14(19)9-12/h5-11H,4H2,1-3H3,(H,21,22)/b20-11+. The molecule has 6 nitrogen and oxygen atoms in total. The first kappa shape index (κ1) is 18.8. The predicted molar refractivity (Wildman–Crippen MR) is 99.9 cm³/mol. The zero-order chi connectivity index (χ0) is 18.2. The fraction of sp³-hybridized carbons (Fsp3) is 0.222. The van der Waals surface area contributed by atoms with Crippen molar-refractivity contribution in [3.8, 4) is 17.2 Å². The molecule has 1 amide bonds. The molecule has 0 bridgehead atoms. The van der Waals surface area contributed by atoms with E-state index in [0.29, 0.717) is 23.7 Å². The molecule has 25 heavy (non-hydrogen) atoms. The van der Waals surface area contributed by atoms with E-state index in [9.17, 15) is 4.79 Å². The van der Waals surface area contributed by atoms with E-state index in [1.165, 1.54) is 7.11 Å². The lowest BCUT2D eigenvalue weighted by atomic mass is 10.2. The first-order valence-electron chi connectivity index (χ1n) is 7.56. The monoisotopic (exact) mass is 406 g/mol. The minimum atomic E-state index is -0.342. The van der Waals surface area contributed by atoms with Gasteiger partial charge in [0.05, 0.1) is 31.5 Å². The van der Waals surface area contributed by atoms with Crippen LogP contribution in [0.3, 0.4) is 0 Å². The number of carbonyl (C=O) groups excluding carboxylic acids is 1. The van der Waals surface area contributed by atoms with Crippen molar-refractivity contribution in [3.05, 3.63) is 52.0 Å². The smallest absolute Gasteiger partial charge is 0.271 e. The normalized spacial score (nSPS) is 10.6. The van der Waals surface area contributed by atoms with E-state index in [4.69, 9.17) is 14.2 Å². The number of benzene rings is 2. The molecule has 0 saturated heterocycles. The molecule has 0 atom stereocenters. The number of nitrogens with zero attached hydrogens (tertiary/aromatic N) is 1. The lowest BCUT2D eigenvalue weighted by Gasteiger charge is -2.10. The second-order valence-corrected chi connectivity index (χ2v) is 5.75. The van der Waals surface area contributed by atoms with Gasteiger partial charge in [0.1, 0.15) is 5.75 Å². The molecule has 2 aromatic rings. The van der Waals surface area contributed by atoms with Gasteiger partial charge in [-0.05, 0) is 64.8 Å². The summed E-state index contributed by atoms with van der Waals surface area (Å²) in [5, 5.41) is 3.97. The fourth-order valence-corrected chi connectivity index (χ4v) is 2.63.